The highest BCUT2D eigenvalue weighted by Gasteiger charge is 2.13. The molecule has 0 spiro atoms. The highest BCUT2D eigenvalue weighted by Crippen LogP contribution is 2.30. The maximum Gasteiger partial charge on any atom is 0.264 e. The number of hydrogen-bond donors (Lipinski definition) is 1. The number of rotatable bonds is 5. The molecule has 2 aromatic carbocycles. The van der Waals surface area contributed by atoms with Crippen LogP contribution in [0.3, 0.4) is 0 Å². The molecule has 0 fully saturated rings. The number of halogens is 2. The molecule has 1 aromatic heterocycles. The van der Waals surface area contributed by atoms with Crippen LogP contribution in [-0.4, -0.2) is 17.5 Å². The van der Waals surface area contributed by atoms with Gasteiger partial charge in [0.05, 0.1) is 4.70 Å². The molecule has 4 nitrogen and oxygen atoms in total. The van der Waals surface area contributed by atoms with Gasteiger partial charge in [-0.25, -0.2) is 9.37 Å². The van der Waals surface area contributed by atoms with Crippen molar-refractivity contribution in [2.24, 2.45) is 0 Å². The van der Waals surface area contributed by atoms with Crippen molar-refractivity contribution in [1.82, 2.24) is 4.98 Å². The van der Waals surface area contributed by atoms with Crippen LogP contribution in [0, 0.1) is 5.82 Å². The Morgan fingerprint density at radius 3 is 2.88 bits per heavy atom. The summed E-state index contributed by atoms with van der Waals surface area (Å²) in [5.74, 6) is 0.200. The molecular formula is C18H16BrFN2O2S. The highest BCUT2D eigenvalue weighted by atomic mass is 79.9. The summed E-state index contributed by atoms with van der Waals surface area (Å²) in [7, 11) is 0. The van der Waals surface area contributed by atoms with Crippen LogP contribution < -0.4 is 10.1 Å². The lowest BCUT2D eigenvalue weighted by Crippen LogP contribution is -2.20. The van der Waals surface area contributed by atoms with E-state index in [1.54, 1.807) is 12.1 Å². The number of hydrogen-bond acceptors (Lipinski definition) is 4. The van der Waals surface area contributed by atoms with Gasteiger partial charge in [-0.05, 0) is 41.8 Å². The average molecular weight is 423 g/mol. The maximum atomic E-state index is 13.7. The van der Waals surface area contributed by atoms with Crippen molar-refractivity contribution in [1.29, 1.82) is 0 Å². The zero-order chi connectivity index (χ0) is 18.0. The molecule has 1 N–H and O–H groups in total. The van der Waals surface area contributed by atoms with Gasteiger partial charge in [0.15, 0.2) is 11.7 Å². The van der Waals surface area contributed by atoms with Crippen LogP contribution in [0.2, 0.25) is 0 Å². The lowest BCUT2D eigenvalue weighted by atomic mass is 10.0. The number of nitrogens with zero attached hydrogens (tertiary/aromatic N) is 1. The molecule has 3 rings (SSSR count). The number of benzene rings is 2. The Morgan fingerprint density at radius 2 is 2.16 bits per heavy atom. The summed E-state index contributed by atoms with van der Waals surface area (Å²) >= 11 is 4.67. The predicted octanol–water partition coefficient (Wildman–Crippen LogP) is 5.34. The molecule has 1 amide bonds. The molecule has 1 heterocycles. The minimum absolute atomic E-state index is 0.139. The number of fused-ring (bicyclic) bond motifs is 1. The molecule has 3 aromatic rings. The number of anilines is 1. The van der Waals surface area contributed by atoms with Crippen LogP contribution in [0.25, 0.3) is 10.2 Å². The molecule has 0 atom stereocenters. The Bertz CT molecular complexity index is 927. The van der Waals surface area contributed by atoms with E-state index in [0.717, 1.165) is 10.0 Å². The van der Waals surface area contributed by atoms with Gasteiger partial charge in [-0.15, -0.1) is 0 Å². The summed E-state index contributed by atoms with van der Waals surface area (Å²) < 4.78 is 21.0. The van der Waals surface area contributed by atoms with E-state index < -0.39 is 5.82 Å². The van der Waals surface area contributed by atoms with Crippen LogP contribution in [0.5, 0.6) is 5.75 Å². The van der Waals surface area contributed by atoms with Crippen LogP contribution >= 0.6 is 27.3 Å². The summed E-state index contributed by atoms with van der Waals surface area (Å²) in [5, 5.41) is 3.01. The SMILES string of the molecule is CC(C)c1cc(Br)ccc1OCC(=O)Nc1nc2c(F)cccc2s1. The third kappa shape index (κ3) is 4.16. The molecule has 0 saturated heterocycles. The van der Waals surface area contributed by atoms with E-state index >= 15 is 0 Å². The average Bonchev–Trinajstić information content (AvgIpc) is 2.97. The number of thiazole rings is 1. The van der Waals surface area contributed by atoms with Crippen LogP contribution in [0.1, 0.15) is 25.3 Å². The van der Waals surface area contributed by atoms with Gasteiger partial charge in [-0.3, -0.25) is 10.1 Å². The van der Waals surface area contributed by atoms with Crippen molar-refractivity contribution in [3.63, 3.8) is 0 Å². The number of para-hydroxylation sites is 1. The van der Waals surface area contributed by atoms with E-state index in [2.05, 4.69) is 40.1 Å². The van der Waals surface area contributed by atoms with Gasteiger partial charge in [0.1, 0.15) is 17.1 Å². The Labute approximate surface area is 157 Å². The molecule has 0 aliphatic heterocycles. The molecule has 130 valence electrons. The fraction of sp³-hybridized carbons (Fsp3) is 0.222. The topological polar surface area (TPSA) is 51.2 Å². The van der Waals surface area contributed by atoms with E-state index in [4.69, 9.17) is 4.74 Å². The van der Waals surface area contributed by atoms with Crippen molar-refractivity contribution < 1.29 is 13.9 Å². The second-order valence-corrected chi connectivity index (χ2v) is 7.73. The summed E-state index contributed by atoms with van der Waals surface area (Å²) in [6.07, 6.45) is 0. The fourth-order valence-corrected chi connectivity index (χ4v) is 3.64. The van der Waals surface area contributed by atoms with E-state index in [0.29, 0.717) is 15.6 Å². The second kappa shape index (κ2) is 7.49. The van der Waals surface area contributed by atoms with Crippen LogP contribution in [0.15, 0.2) is 40.9 Å². The van der Waals surface area contributed by atoms with Crippen molar-refractivity contribution >= 4 is 48.5 Å². The number of ether oxygens (including phenoxy) is 1. The van der Waals surface area contributed by atoms with Crippen molar-refractivity contribution in [3.05, 3.63) is 52.3 Å². The summed E-state index contributed by atoms with van der Waals surface area (Å²) in [4.78, 5) is 16.2. The molecule has 0 unspecified atom stereocenters. The van der Waals surface area contributed by atoms with Gasteiger partial charge in [0.25, 0.3) is 5.91 Å². The molecule has 7 heteroatoms. The number of nitrogens with one attached hydrogen (secondary N) is 1. The van der Waals surface area contributed by atoms with Gasteiger partial charge < -0.3 is 4.74 Å². The first-order valence-electron chi connectivity index (χ1n) is 7.71. The zero-order valence-corrected chi connectivity index (χ0v) is 16.1. The van der Waals surface area contributed by atoms with E-state index in [9.17, 15) is 9.18 Å². The molecule has 0 aliphatic rings. The third-order valence-electron chi connectivity index (χ3n) is 3.57. The van der Waals surface area contributed by atoms with Gasteiger partial charge in [0, 0.05) is 4.47 Å². The van der Waals surface area contributed by atoms with Gasteiger partial charge >= 0.3 is 0 Å². The summed E-state index contributed by atoms with van der Waals surface area (Å²) in [6, 6.07) is 10.4. The lowest BCUT2D eigenvalue weighted by molar-refractivity contribution is -0.118. The Morgan fingerprint density at radius 1 is 1.36 bits per heavy atom. The zero-order valence-electron chi connectivity index (χ0n) is 13.7. The van der Waals surface area contributed by atoms with E-state index in [-0.39, 0.29) is 23.9 Å². The van der Waals surface area contributed by atoms with Gasteiger partial charge in [-0.2, -0.15) is 0 Å². The highest BCUT2D eigenvalue weighted by molar-refractivity contribution is 9.10. The first-order valence-corrected chi connectivity index (χ1v) is 9.32. The maximum absolute atomic E-state index is 13.7. The van der Waals surface area contributed by atoms with Crippen molar-refractivity contribution in [2.75, 3.05) is 11.9 Å². The quantitative estimate of drug-likeness (QED) is 0.603. The van der Waals surface area contributed by atoms with E-state index in [1.807, 2.05) is 18.2 Å². The minimum atomic E-state index is -0.401. The van der Waals surface area contributed by atoms with Gasteiger partial charge in [0.2, 0.25) is 0 Å². The summed E-state index contributed by atoms with van der Waals surface area (Å²) in [6.45, 7) is 3.98. The first-order chi connectivity index (χ1) is 11.9. The van der Waals surface area contributed by atoms with Crippen molar-refractivity contribution in [3.8, 4) is 5.75 Å². The van der Waals surface area contributed by atoms with Crippen molar-refractivity contribution in [2.45, 2.75) is 19.8 Å². The van der Waals surface area contributed by atoms with Crippen LogP contribution in [0.4, 0.5) is 9.52 Å². The normalized spacial score (nSPS) is 11.1. The third-order valence-corrected chi connectivity index (χ3v) is 5.00. The predicted molar refractivity (Wildman–Crippen MR) is 102 cm³/mol. The van der Waals surface area contributed by atoms with Gasteiger partial charge in [-0.1, -0.05) is 47.2 Å². The number of amides is 1. The number of carbonyl (C=O) groups excluding carboxylic acids is 1. The molecule has 0 radical (unpaired) electrons. The number of carbonyl (C=O) groups is 1. The monoisotopic (exact) mass is 422 g/mol. The largest absolute Gasteiger partial charge is 0.483 e. The smallest absolute Gasteiger partial charge is 0.264 e. The standard InChI is InChI=1S/C18H16BrFN2O2S/c1-10(2)12-8-11(19)6-7-14(12)24-9-16(23)21-18-22-17-13(20)4-3-5-15(17)25-18/h3-8,10H,9H2,1-2H3,(H,21,22,23). The Hall–Kier alpha value is -1.99. The Balaban J connectivity index is 1.68. The van der Waals surface area contributed by atoms with E-state index in [1.165, 1.54) is 17.4 Å². The minimum Gasteiger partial charge on any atom is -0.483 e. The Kier molecular flexibility index (Phi) is 5.34. The molecule has 0 bridgehead atoms. The lowest BCUT2D eigenvalue weighted by Gasteiger charge is -2.14. The molecular weight excluding hydrogens is 407 g/mol. The molecule has 0 aliphatic carbocycles. The van der Waals surface area contributed by atoms with Crippen LogP contribution in [-0.2, 0) is 4.79 Å². The first kappa shape index (κ1) is 17.8. The number of aromatic nitrogens is 1. The molecule has 0 saturated carbocycles. The fourth-order valence-electron chi connectivity index (χ4n) is 2.37. The second-order valence-electron chi connectivity index (χ2n) is 5.78. The molecule has 25 heavy (non-hydrogen) atoms. The summed E-state index contributed by atoms with van der Waals surface area (Å²) in [5.41, 5.74) is 1.28.